The number of hydrogen-bond donors (Lipinski definition) is 1. The molecule has 0 bridgehead atoms. The Labute approximate surface area is 183 Å². The molecule has 4 rings (SSSR count). The molecule has 1 aromatic heterocycles. The fourth-order valence-electron chi connectivity index (χ4n) is 3.52. The van der Waals surface area contributed by atoms with Gasteiger partial charge in [0, 0.05) is 30.8 Å². The van der Waals surface area contributed by atoms with Gasteiger partial charge in [-0.05, 0) is 49.2 Å². The Hall–Kier alpha value is -3.62. The zero-order chi connectivity index (χ0) is 22.6. The first-order valence-corrected chi connectivity index (χ1v) is 10.2. The van der Waals surface area contributed by atoms with Crippen molar-refractivity contribution in [3.8, 4) is 11.5 Å². The van der Waals surface area contributed by atoms with Crippen LogP contribution < -0.4 is 15.0 Å². The number of amides is 1. The van der Waals surface area contributed by atoms with Gasteiger partial charge in [0.1, 0.15) is 29.3 Å². The molecule has 0 spiro atoms. The number of piperidine rings is 1. The second kappa shape index (κ2) is 9.25. The second-order valence-electron chi connectivity index (χ2n) is 7.45. The fourth-order valence-corrected chi connectivity index (χ4v) is 3.52. The van der Waals surface area contributed by atoms with Crippen LogP contribution >= 0.6 is 0 Å². The Bertz CT molecular complexity index is 1050. The van der Waals surface area contributed by atoms with Crippen LogP contribution in [0.15, 0.2) is 67.0 Å². The van der Waals surface area contributed by atoms with E-state index in [4.69, 9.17) is 4.74 Å². The molecule has 1 fully saturated rings. The van der Waals surface area contributed by atoms with Crippen LogP contribution in [-0.2, 0) is 11.0 Å². The molecule has 0 saturated carbocycles. The number of carbonyl (C=O) groups is 1. The number of halogens is 3. The minimum Gasteiger partial charge on any atom is -0.457 e. The molecule has 1 aliphatic heterocycles. The number of benzene rings is 2. The summed E-state index contributed by atoms with van der Waals surface area (Å²) in [5.74, 6) is 1.27. The molecule has 0 unspecified atom stereocenters. The van der Waals surface area contributed by atoms with Gasteiger partial charge in [0.25, 0.3) is 0 Å². The lowest BCUT2D eigenvalue weighted by Gasteiger charge is -2.32. The van der Waals surface area contributed by atoms with Gasteiger partial charge in [-0.15, -0.1) is 0 Å². The van der Waals surface area contributed by atoms with Gasteiger partial charge in [-0.2, -0.15) is 13.2 Å². The van der Waals surface area contributed by atoms with E-state index >= 15 is 0 Å². The number of anilines is 2. The summed E-state index contributed by atoms with van der Waals surface area (Å²) < 4.78 is 44.4. The van der Waals surface area contributed by atoms with Gasteiger partial charge in [-0.1, -0.05) is 18.2 Å². The van der Waals surface area contributed by atoms with Crippen LogP contribution in [0.5, 0.6) is 11.5 Å². The third-order valence-corrected chi connectivity index (χ3v) is 5.23. The lowest BCUT2D eigenvalue weighted by atomic mass is 9.95. The van der Waals surface area contributed by atoms with E-state index in [0.717, 1.165) is 18.1 Å². The van der Waals surface area contributed by atoms with Gasteiger partial charge in [0.15, 0.2) is 0 Å². The number of ether oxygens (including phenoxy) is 1. The van der Waals surface area contributed by atoms with Gasteiger partial charge in [-0.3, -0.25) is 4.79 Å². The lowest BCUT2D eigenvalue weighted by Crippen LogP contribution is -2.38. The molecule has 1 aliphatic rings. The molecule has 166 valence electrons. The van der Waals surface area contributed by atoms with Crippen molar-refractivity contribution in [1.29, 1.82) is 0 Å². The normalized spacial score (nSPS) is 14.8. The summed E-state index contributed by atoms with van der Waals surface area (Å²) in [5.41, 5.74) is -0.314. The molecule has 9 heteroatoms. The Kier molecular flexibility index (Phi) is 6.25. The quantitative estimate of drug-likeness (QED) is 0.593. The maximum absolute atomic E-state index is 12.9. The maximum Gasteiger partial charge on any atom is 0.433 e. The summed E-state index contributed by atoms with van der Waals surface area (Å²) in [6.07, 6.45) is -2.56. The van der Waals surface area contributed by atoms with Crippen molar-refractivity contribution < 1.29 is 22.7 Å². The molecular formula is C23H21F3N4O2. The topological polar surface area (TPSA) is 67.3 Å². The minimum absolute atomic E-state index is 0.111. The molecule has 2 heterocycles. The van der Waals surface area contributed by atoms with Crippen molar-refractivity contribution in [3.05, 3.63) is 72.7 Å². The number of para-hydroxylation sites is 1. The zero-order valence-electron chi connectivity index (χ0n) is 17.0. The van der Waals surface area contributed by atoms with Gasteiger partial charge in [-0.25, -0.2) is 9.97 Å². The summed E-state index contributed by atoms with van der Waals surface area (Å²) in [5, 5.41) is 2.90. The monoisotopic (exact) mass is 442 g/mol. The summed E-state index contributed by atoms with van der Waals surface area (Å²) in [4.78, 5) is 21.6. The van der Waals surface area contributed by atoms with Gasteiger partial charge < -0.3 is 15.0 Å². The molecule has 1 saturated heterocycles. The van der Waals surface area contributed by atoms with Crippen LogP contribution in [0, 0.1) is 5.92 Å². The molecule has 1 amide bonds. The number of nitrogens with one attached hydrogen (secondary N) is 1. The largest absolute Gasteiger partial charge is 0.457 e. The Morgan fingerprint density at radius 2 is 1.62 bits per heavy atom. The molecule has 0 radical (unpaired) electrons. The Morgan fingerprint density at radius 3 is 2.28 bits per heavy atom. The first kappa shape index (κ1) is 21.6. The number of aromatic nitrogens is 2. The fraction of sp³-hybridized carbons (Fsp3) is 0.261. The van der Waals surface area contributed by atoms with E-state index in [1.54, 1.807) is 29.2 Å². The SMILES string of the molecule is O=C(Nc1ccc(Oc2ccccc2)cc1)C1CCN(c2cc(C(F)(F)F)ncn2)CC1. The van der Waals surface area contributed by atoms with E-state index in [-0.39, 0.29) is 17.6 Å². The van der Waals surface area contributed by atoms with Crippen LogP contribution in [0.2, 0.25) is 0 Å². The first-order valence-electron chi connectivity index (χ1n) is 10.2. The molecule has 2 aromatic carbocycles. The molecule has 0 atom stereocenters. The average molecular weight is 442 g/mol. The van der Waals surface area contributed by atoms with Crippen LogP contribution in [0.25, 0.3) is 0 Å². The van der Waals surface area contributed by atoms with Crippen LogP contribution in [-0.4, -0.2) is 29.0 Å². The highest BCUT2D eigenvalue weighted by atomic mass is 19.4. The van der Waals surface area contributed by atoms with Crippen molar-refractivity contribution in [1.82, 2.24) is 9.97 Å². The maximum atomic E-state index is 12.9. The third-order valence-electron chi connectivity index (χ3n) is 5.23. The Morgan fingerprint density at radius 1 is 0.969 bits per heavy atom. The van der Waals surface area contributed by atoms with Crippen LogP contribution in [0.1, 0.15) is 18.5 Å². The zero-order valence-corrected chi connectivity index (χ0v) is 17.0. The van der Waals surface area contributed by atoms with Crippen molar-refractivity contribution in [2.24, 2.45) is 5.92 Å². The van der Waals surface area contributed by atoms with Gasteiger partial charge in [0.05, 0.1) is 0 Å². The van der Waals surface area contributed by atoms with Crippen LogP contribution in [0.4, 0.5) is 24.7 Å². The van der Waals surface area contributed by atoms with Crippen molar-refractivity contribution in [2.45, 2.75) is 19.0 Å². The molecular weight excluding hydrogens is 421 g/mol. The van der Waals surface area contributed by atoms with E-state index in [1.165, 1.54) is 0 Å². The van der Waals surface area contributed by atoms with Gasteiger partial charge in [0.2, 0.25) is 5.91 Å². The highest BCUT2D eigenvalue weighted by Gasteiger charge is 2.34. The van der Waals surface area contributed by atoms with Crippen LogP contribution in [0.3, 0.4) is 0 Å². The second-order valence-corrected chi connectivity index (χ2v) is 7.45. The highest BCUT2D eigenvalue weighted by molar-refractivity contribution is 5.92. The Balaban J connectivity index is 1.30. The van der Waals surface area contributed by atoms with E-state index in [9.17, 15) is 18.0 Å². The van der Waals surface area contributed by atoms with Crippen molar-refractivity contribution >= 4 is 17.4 Å². The van der Waals surface area contributed by atoms with E-state index in [0.29, 0.717) is 37.4 Å². The summed E-state index contributed by atoms with van der Waals surface area (Å²) in [6.45, 7) is 0.881. The average Bonchev–Trinajstić information content (AvgIpc) is 2.81. The molecule has 0 aliphatic carbocycles. The third kappa shape index (κ3) is 5.35. The summed E-state index contributed by atoms with van der Waals surface area (Å²) in [7, 11) is 0. The molecule has 32 heavy (non-hydrogen) atoms. The molecule has 1 N–H and O–H groups in total. The number of carbonyl (C=O) groups excluding carboxylic acids is 1. The summed E-state index contributed by atoms with van der Waals surface area (Å²) >= 11 is 0. The smallest absolute Gasteiger partial charge is 0.433 e. The minimum atomic E-state index is -4.52. The van der Waals surface area contributed by atoms with E-state index in [1.807, 2.05) is 30.3 Å². The molecule has 6 nitrogen and oxygen atoms in total. The first-order chi connectivity index (χ1) is 15.4. The number of hydrogen-bond acceptors (Lipinski definition) is 5. The predicted octanol–water partition coefficient (Wildman–Crippen LogP) is 5.14. The number of alkyl halides is 3. The predicted molar refractivity (Wildman–Crippen MR) is 114 cm³/mol. The standard InChI is InChI=1S/C23H21F3N4O2/c24-23(25,26)20-14-21(28-15-27-20)30-12-10-16(11-13-30)22(31)29-17-6-8-19(9-7-17)32-18-4-2-1-3-5-18/h1-9,14-16H,10-13H2,(H,29,31). The number of nitrogens with zero attached hydrogens (tertiary/aromatic N) is 3. The van der Waals surface area contributed by atoms with Gasteiger partial charge >= 0.3 is 6.18 Å². The van der Waals surface area contributed by atoms with E-state index in [2.05, 4.69) is 15.3 Å². The van der Waals surface area contributed by atoms with Crippen molar-refractivity contribution in [3.63, 3.8) is 0 Å². The highest BCUT2D eigenvalue weighted by Crippen LogP contribution is 2.30. The number of rotatable bonds is 5. The van der Waals surface area contributed by atoms with E-state index < -0.39 is 11.9 Å². The molecule has 3 aromatic rings. The summed E-state index contributed by atoms with van der Waals surface area (Å²) in [6, 6.07) is 17.4. The van der Waals surface area contributed by atoms with Crippen molar-refractivity contribution in [2.75, 3.05) is 23.3 Å². The lowest BCUT2D eigenvalue weighted by molar-refractivity contribution is -0.141.